The van der Waals surface area contributed by atoms with Gasteiger partial charge in [-0.3, -0.25) is 4.98 Å². The number of pyridine rings is 1. The molecule has 0 amide bonds. The summed E-state index contributed by atoms with van der Waals surface area (Å²) < 4.78 is 0. The van der Waals surface area contributed by atoms with E-state index >= 15 is 0 Å². The van der Waals surface area contributed by atoms with E-state index in [0.29, 0.717) is 0 Å². The Hall–Kier alpha value is -1.30. The third kappa shape index (κ3) is 4.09. The van der Waals surface area contributed by atoms with Crippen LogP contribution in [0, 0.1) is 0 Å². The van der Waals surface area contributed by atoms with Crippen molar-refractivity contribution in [1.29, 1.82) is 0 Å². The van der Waals surface area contributed by atoms with E-state index in [2.05, 4.69) is 29.1 Å². The molecular formula is C14H19N3OS. The fraction of sp³-hybridized carbons (Fsp3) is 0.429. The van der Waals surface area contributed by atoms with E-state index in [1.54, 1.807) is 17.5 Å². The van der Waals surface area contributed by atoms with Crippen molar-refractivity contribution in [2.24, 2.45) is 0 Å². The maximum Gasteiger partial charge on any atom is 0.125 e. The molecule has 0 aliphatic carbocycles. The fourth-order valence-electron chi connectivity index (χ4n) is 1.71. The third-order valence-electron chi connectivity index (χ3n) is 2.94. The molecule has 19 heavy (non-hydrogen) atoms. The Balaban J connectivity index is 1.99. The predicted octanol–water partition coefficient (Wildman–Crippen LogP) is 2.46. The van der Waals surface area contributed by atoms with E-state index in [9.17, 15) is 0 Å². The van der Waals surface area contributed by atoms with Crippen molar-refractivity contribution in [3.05, 3.63) is 35.6 Å². The van der Waals surface area contributed by atoms with E-state index in [4.69, 9.17) is 5.11 Å². The number of nitrogens with one attached hydrogen (secondary N) is 1. The van der Waals surface area contributed by atoms with Gasteiger partial charge < -0.3 is 10.4 Å². The quantitative estimate of drug-likeness (QED) is 0.851. The summed E-state index contributed by atoms with van der Waals surface area (Å²) in [6, 6.07) is 3.93. The first-order valence-corrected chi connectivity index (χ1v) is 7.13. The van der Waals surface area contributed by atoms with Gasteiger partial charge >= 0.3 is 0 Å². The maximum atomic E-state index is 9.00. The van der Waals surface area contributed by atoms with Crippen LogP contribution < -0.4 is 5.32 Å². The van der Waals surface area contributed by atoms with E-state index in [1.165, 1.54) is 4.88 Å². The minimum Gasteiger partial charge on any atom is -0.396 e. The molecule has 0 aliphatic rings. The highest BCUT2D eigenvalue weighted by atomic mass is 32.1. The van der Waals surface area contributed by atoms with Gasteiger partial charge in [-0.1, -0.05) is 0 Å². The second kappa shape index (κ2) is 6.23. The van der Waals surface area contributed by atoms with Crippen molar-refractivity contribution in [3.8, 4) is 10.6 Å². The van der Waals surface area contributed by atoms with E-state index < -0.39 is 0 Å². The molecule has 0 saturated heterocycles. The van der Waals surface area contributed by atoms with Crippen molar-refractivity contribution in [2.75, 3.05) is 6.61 Å². The lowest BCUT2D eigenvalue weighted by Gasteiger charge is -2.24. The Kier molecular flexibility index (Phi) is 4.63. The summed E-state index contributed by atoms with van der Waals surface area (Å²) in [5.41, 5.74) is 0.987. The normalized spacial score (nSPS) is 11.7. The zero-order chi connectivity index (χ0) is 13.7. The number of hydrogen-bond donors (Lipinski definition) is 2. The van der Waals surface area contributed by atoms with Crippen LogP contribution in [0.5, 0.6) is 0 Å². The van der Waals surface area contributed by atoms with Gasteiger partial charge in [-0.15, -0.1) is 11.3 Å². The molecule has 0 fully saturated rings. The molecule has 0 aromatic carbocycles. The smallest absolute Gasteiger partial charge is 0.125 e. The summed E-state index contributed by atoms with van der Waals surface area (Å²) in [4.78, 5) is 9.71. The van der Waals surface area contributed by atoms with E-state index in [1.807, 2.05) is 24.5 Å². The zero-order valence-corrected chi connectivity index (χ0v) is 12.1. The average molecular weight is 277 g/mol. The maximum absolute atomic E-state index is 9.00. The number of rotatable bonds is 6. The summed E-state index contributed by atoms with van der Waals surface area (Å²) in [6.07, 6.45) is 6.22. The molecule has 0 atom stereocenters. The van der Waals surface area contributed by atoms with Crippen molar-refractivity contribution in [2.45, 2.75) is 32.4 Å². The molecule has 2 heterocycles. The highest BCUT2D eigenvalue weighted by Gasteiger charge is 2.16. The van der Waals surface area contributed by atoms with Crippen molar-refractivity contribution in [1.82, 2.24) is 15.3 Å². The van der Waals surface area contributed by atoms with Gasteiger partial charge in [-0.25, -0.2) is 4.98 Å². The number of aliphatic hydroxyl groups excluding tert-OH is 1. The Labute approximate surface area is 117 Å². The number of nitrogens with zero attached hydrogens (tertiary/aromatic N) is 2. The number of aromatic nitrogens is 2. The van der Waals surface area contributed by atoms with Crippen LogP contribution in [-0.2, 0) is 6.54 Å². The Morgan fingerprint density at radius 1 is 1.37 bits per heavy atom. The molecule has 2 rings (SSSR count). The van der Waals surface area contributed by atoms with Crippen molar-refractivity contribution >= 4 is 11.3 Å². The van der Waals surface area contributed by atoms with Crippen LogP contribution in [0.25, 0.3) is 10.6 Å². The van der Waals surface area contributed by atoms with Gasteiger partial charge in [-0.2, -0.15) is 0 Å². The first kappa shape index (κ1) is 14.1. The van der Waals surface area contributed by atoms with Gasteiger partial charge in [0.05, 0.1) is 0 Å². The Bertz CT molecular complexity index is 510. The molecule has 4 nitrogen and oxygen atoms in total. The lowest BCUT2D eigenvalue weighted by molar-refractivity contribution is 0.230. The third-order valence-corrected chi connectivity index (χ3v) is 3.99. The molecule has 0 bridgehead atoms. The monoisotopic (exact) mass is 277 g/mol. The predicted molar refractivity (Wildman–Crippen MR) is 78.0 cm³/mol. The number of thiazole rings is 1. The fourth-order valence-corrected chi connectivity index (χ4v) is 2.55. The van der Waals surface area contributed by atoms with E-state index in [0.717, 1.165) is 23.5 Å². The van der Waals surface area contributed by atoms with Crippen LogP contribution in [0.2, 0.25) is 0 Å². The van der Waals surface area contributed by atoms with Gasteiger partial charge in [0.25, 0.3) is 0 Å². The summed E-state index contributed by atoms with van der Waals surface area (Å²) in [5, 5.41) is 13.4. The molecule has 2 aromatic rings. The van der Waals surface area contributed by atoms with Crippen LogP contribution in [0.3, 0.4) is 0 Å². The van der Waals surface area contributed by atoms with Crippen molar-refractivity contribution in [3.63, 3.8) is 0 Å². The van der Waals surface area contributed by atoms with Gasteiger partial charge in [-0.05, 0) is 32.4 Å². The van der Waals surface area contributed by atoms with Crippen LogP contribution in [0.15, 0.2) is 30.7 Å². The first-order valence-electron chi connectivity index (χ1n) is 6.32. The molecule has 0 spiro atoms. The standard InChI is InChI=1S/C14H19N3OS/c1-14(2,5-7-18)17-10-12-9-16-13(19-12)11-4-3-6-15-8-11/h3-4,6,8-9,17-18H,5,7,10H2,1-2H3. The van der Waals surface area contributed by atoms with Gasteiger partial charge in [0.1, 0.15) is 5.01 Å². The minimum absolute atomic E-state index is 0.0623. The van der Waals surface area contributed by atoms with Crippen molar-refractivity contribution < 1.29 is 5.11 Å². The van der Waals surface area contributed by atoms with Gasteiger partial charge in [0, 0.05) is 47.7 Å². The first-order chi connectivity index (χ1) is 9.11. The van der Waals surface area contributed by atoms with Gasteiger partial charge in [0.2, 0.25) is 0 Å². The molecule has 0 radical (unpaired) electrons. The van der Waals surface area contributed by atoms with Crippen LogP contribution in [0.1, 0.15) is 25.1 Å². The zero-order valence-electron chi connectivity index (χ0n) is 11.3. The van der Waals surface area contributed by atoms with Crippen LogP contribution >= 0.6 is 11.3 Å². The van der Waals surface area contributed by atoms with Gasteiger partial charge in [0.15, 0.2) is 0 Å². The highest BCUT2D eigenvalue weighted by Crippen LogP contribution is 2.24. The summed E-state index contributed by atoms with van der Waals surface area (Å²) >= 11 is 1.67. The highest BCUT2D eigenvalue weighted by molar-refractivity contribution is 7.15. The number of hydrogen-bond acceptors (Lipinski definition) is 5. The summed E-state index contributed by atoms with van der Waals surface area (Å²) in [7, 11) is 0. The molecule has 5 heteroatoms. The molecular weight excluding hydrogens is 258 g/mol. The molecule has 0 aliphatic heterocycles. The average Bonchev–Trinajstić information content (AvgIpc) is 2.86. The molecule has 0 saturated carbocycles. The SMILES string of the molecule is CC(C)(CCO)NCc1cnc(-c2cccnc2)s1. The lowest BCUT2D eigenvalue weighted by Crippen LogP contribution is -2.39. The largest absolute Gasteiger partial charge is 0.396 e. The second-order valence-electron chi connectivity index (χ2n) is 5.08. The Morgan fingerprint density at radius 2 is 2.21 bits per heavy atom. The van der Waals surface area contributed by atoms with E-state index in [-0.39, 0.29) is 12.1 Å². The topological polar surface area (TPSA) is 58.0 Å². The second-order valence-corrected chi connectivity index (χ2v) is 6.20. The molecule has 102 valence electrons. The van der Waals surface area contributed by atoms with Crippen LogP contribution in [0.4, 0.5) is 0 Å². The molecule has 2 aromatic heterocycles. The lowest BCUT2D eigenvalue weighted by atomic mass is 10.0. The Morgan fingerprint density at radius 3 is 2.89 bits per heavy atom. The molecule has 0 unspecified atom stereocenters. The molecule has 2 N–H and O–H groups in total. The minimum atomic E-state index is -0.0623. The van der Waals surface area contributed by atoms with Crippen LogP contribution in [-0.4, -0.2) is 27.2 Å². The number of aliphatic hydroxyl groups is 1. The summed E-state index contributed by atoms with van der Waals surface area (Å²) in [6.45, 7) is 5.15. The summed E-state index contributed by atoms with van der Waals surface area (Å²) in [5.74, 6) is 0.